The Kier molecular flexibility index (Phi) is 3.49. The molecule has 0 bridgehead atoms. The largest absolute Gasteiger partial charge is 0.576 e. The number of nitrogens with zero attached hydrogens (tertiary/aromatic N) is 1. The minimum Gasteiger partial charge on any atom is -0.576 e. The van der Waals surface area contributed by atoms with Gasteiger partial charge in [-0.2, -0.15) is 0 Å². The Bertz CT molecular complexity index is 401. The van der Waals surface area contributed by atoms with E-state index < -0.39 is 10.0 Å². The average Bonchev–Trinajstić information content (AvgIpc) is 2.18. The van der Waals surface area contributed by atoms with Crippen LogP contribution in [-0.4, -0.2) is 14.2 Å². The molecule has 1 rings (SSSR count). The lowest BCUT2D eigenvalue weighted by Crippen LogP contribution is -2.47. The molecule has 0 aromatic heterocycles. The van der Waals surface area contributed by atoms with Crippen molar-refractivity contribution in [1.29, 1.82) is 0 Å². The second-order valence-corrected chi connectivity index (χ2v) is 4.76. The molecule has 0 saturated heterocycles. The van der Waals surface area contributed by atoms with Crippen LogP contribution in [0.25, 0.3) is 4.72 Å². The van der Waals surface area contributed by atoms with Gasteiger partial charge < -0.3 is 10.5 Å². The van der Waals surface area contributed by atoms with Crippen LogP contribution < -0.4 is 5.73 Å². The van der Waals surface area contributed by atoms with E-state index >= 15 is 0 Å². The Morgan fingerprint density at radius 2 is 2.00 bits per heavy atom. The second kappa shape index (κ2) is 4.43. The molecule has 0 radical (unpaired) electrons. The van der Waals surface area contributed by atoms with Gasteiger partial charge in [-0.15, -0.1) is 5.69 Å². The van der Waals surface area contributed by atoms with E-state index in [-0.39, 0.29) is 5.75 Å². The Balaban J connectivity index is 2.97. The molecule has 0 aliphatic rings. The quantitative estimate of drug-likeness (QED) is 0.804. The zero-order valence-electron chi connectivity index (χ0n) is 8.10. The van der Waals surface area contributed by atoms with Crippen LogP contribution in [-0.2, 0) is 16.6 Å². The van der Waals surface area contributed by atoms with Crippen molar-refractivity contribution >= 4 is 15.7 Å². The molecular formula is C9H14N2O2S. The van der Waals surface area contributed by atoms with Crippen LogP contribution in [0.3, 0.4) is 0 Å². The molecule has 0 spiro atoms. The van der Waals surface area contributed by atoms with E-state index in [0.29, 0.717) is 12.2 Å². The van der Waals surface area contributed by atoms with Gasteiger partial charge in [-0.3, -0.25) is 0 Å². The van der Waals surface area contributed by atoms with E-state index in [9.17, 15) is 8.42 Å². The second-order valence-electron chi connectivity index (χ2n) is 2.84. The summed E-state index contributed by atoms with van der Waals surface area (Å²) in [5.41, 5.74) is 5.07. The molecule has 4 nitrogen and oxygen atoms in total. The highest BCUT2D eigenvalue weighted by Gasteiger charge is 1.98. The topological polar surface area (TPSA) is 75.9 Å². The zero-order valence-corrected chi connectivity index (χ0v) is 8.92. The molecule has 1 aromatic carbocycles. The maximum absolute atomic E-state index is 11.2. The first-order valence-corrected chi connectivity index (χ1v) is 6.03. The van der Waals surface area contributed by atoms with E-state index in [1.54, 1.807) is 19.1 Å². The van der Waals surface area contributed by atoms with Gasteiger partial charge in [0.25, 0.3) is 0 Å². The molecule has 5 heteroatoms. The van der Waals surface area contributed by atoms with Crippen LogP contribution in [0, 0.1) is 0 Å². The molecule has 14 heavy (non-hydrogen) atoms. The van der Waals surface area contributed by atoms with Crippen molar-refractivity contribution in [3.63, 3.8) is 0 Å². The maximum atomic E-state index is 11.2. The molecular weight excluding hydrogens is 200 g/mol. The summed E-state index contributed by atoms with van der Waals surface area (Å²) in [6.07, 6.45) is 0. The highest BCUT2D eigenvalue weighted by atomic mass is 32.2. The third-order valence-electron chi connectivity index (χ3n) is 1.86. The number of rotatable bonds is 4. The lowest BCUT2D eigenvalue weighted by Gasteiger charge is -2.22. The summed E-state index contributed by atoms with van der Waals surface area (Å²) in [5.74, 6) is 0.0263. The van der Waals surface area contributed by atoms with Gasteiger partial charge in [0, 0.05) is 5.75 Å². The van der Waals surface area contributed by atoms with Crippen LogP contribution in [0.2, 0.25) is 0 Å². The molecule has 0 amide bonds. The number of hydrogen-bond acceptors (Lipinski definition) is 2. The van der Waals surface area contributed by atoms with E-state index in [2.05, 4.69) is 10.5 Å². The zero-order chi connectivity index (χ0) is 10.6. The number of hydrogen-bond donors (Lipinski definition) is 1. The van der Waals surface area contributed by atoms with Crippen molar-refractivity contribution < 1.29 is 14.2 Å². The standard InChI is InChI=1S/C9H13N2O2S/c1-2-14(12,13)11-9-6-4-3-5-8(9)7-10/h3-6H,2,7,10H2,1H3/q-1/p+1. The Labute approximate surface area is 84.2 Å². The summed E-state index contributed by atoms with van der Waals surface area (Å²) in [5, 5.41) is 0. The Hall–Kier alpha value is -1.07. The smallest absolute Gasteiger partial charge is 0.0985 e. The molecule has 0 fully saturated rings. The van der Waals surface area contributed by atoms with Gasteiger partial charge in [-0.05, 0) is 5.56 Å². The van der Waals surface area contributed by atoms with Gasteiger partial charge in [0.15, 0.2) is 0 Å². The maximum Gasteiger partial charge on any atom is 0.0985 e. The van der Waals surface area contributed by atoms with Crippen LogP contribution in [0.5, 0.6) is 0 Å². The van der Waals surface area contributed by atoms with Crippen molar-refractivity contribution in [2.75, 3.05) is 5.75 Å². The predicted octanol–water partition coefficient (Wildman–Crippen LogP) is 0.783. The molecule has 0 atom stereocenters. The van der Waals surface area contributed by atoms with E-state index in [4.69, 9.17) is 0 Å². The van der Waals surface area contributed by atoms with Crippen LogP contribution in [0.15, 0.2) is 24.3 Å². The third kappa shape index (κ3) is 2.71. The van der Waals surface area contributed by atoms with Crippen molar-refractivity contribution in [1.82, 2.24) is 0 Å². The van der Waals surface area contributed by atoms with Crippen LogP contribution in [0.1, 0.15) is 12.5 Å². The van der Waals surface area contributed by atoms with Crippen molar-refractivity contribution in [2.24, 2.45) is 0 Å². The van der Waals surface area contributed by atoms with Crippen LogP contribution in [0.4, 0.5) is 5.69 Å². The highest BCUT2D eigenvalue weighted by Crippen LogP contribution is 2.26. The molecule has 0 aliphatic carbocycles. The van der Waals surface area contributed by atoms with Crippen molar-refractivity contribution in [3.05, 3.63) is 34.6 Å². The summed E-state index contributed by atoms with van der Waals surface area (Å²) < 4.78 is 26.2. The number of benzene rings is 1. The highest BCUT2D eigenvalue weighted by molar-refractivity contribution is 7.94. The lowest BCUT2D eigenvalue weighted by atomic mass is 10.2. The molecule has 78 valence electrons. The van der Waals surface area contributed by atoms with Gasteiger partial charge in [-0.25, -0.2) is 8.42 Å². The van der Waals surface area contributed by atoms with Crippen molar-refractivity contribution in [2.45, 2.75) is 13.5 Å². The average molecular weight is 214 g/mol. The van der Waals surface area contributed by atoms with Gasteiger partial charge in [0.1, 0.15) is 0 Å². The third-order valence-corrected chi connectivity index (χ3v) is 3.07. The normalized spacial score (nSPS) is 11.3. The first kappa shape index (κ1) is 11.0. The molecule has 0 heterocycles. The fourth-order valence-electron chi connectivity index (χ4n) is 1.03. The van der Waals surface area contributed by atoms with Gasteiger partial charge in [-0.1, -0.05) is 31.2 Å². The molecule has 0 aliphatic heterocycles. The van der Waals surface area contributed by atoms with E-state index in [0.717, 1.165) is 5.56 Å². The van der Waals surface area contributed by atoms with E-state index in [1.165, 1.54) is 0 Å². The molecule has 0 saturated carbocycles. The van der Waals surface area contributed by atoms with Gasteiger partial charge in [0.05, 0.1) is 16.6 Å². The number of quaternary nitrogens is 1. The predicted molar refractivity (Wildman–Crippen MR) is 55.5 cm³/mol. The summed E-state index contributed by atoms with van der Waals surface area (Å²) in [7, 11) is -3.31. The van der Waals surface area contributed by atoms with Crippen molar-refractivity contribution in [3.8, 4) is 0 Å². The Morgan fingerprint density at radius 1 is 1.36 bits per heavy atom. The number of sulfonamides is 1. The van der Waals surface area contributed by atoms with E-state index in [1.807, 2.05) is 12.1 Å². The SMILES string of the molecule is CCS(=O)(=O)[N-]c1ccccc1C[NH3+]. The van der Waals surface area contributed by atoms with Gasteiger partial charge in [0.2, 0.25) is 0 Å². The minimum absolute atomic E-state index is 0.0263. The minimum atomic E-state index is -3.31. The summed E-state index contributed by atoms with van der Waals surface area (Å²) in [6.45, 7) is 2.12. The first-order valence-electron chi connectivity index (χ1n) is 4.42. The summed E-state index contributed by atoms with van der Waals surface area (Å²) in [6, 6.07) is 7.13. The molecule has 3 N–H and O–H groups in total. The fourth-order valence-corrected chi connectivity index (χ4v) is 1.63. The lowest BCUT2D eigenvalue weighted by molar-refractivity contribution is -0.386. The summed E-state index contributed by atoms with van der Waals surface area (Å²) in [4.78, 5) is 0. The monoisotopic (exact) mass is 214 g/mol. The first-order chi connectivity index (χ1) is 6.59. The van der Waals surface area contributed by atoms with Crippen LogP contribution >= 0.6 is 0 Å². The fraction of sp³-hybridized carbons (Fsp3) is 0.333. The summed E-state index contributed by atoms with van der Waals surface area (Å²) >= 11 is 0. The molecule has 1 aromatic rings. The Morgan fingerprint density at radius 3 is 2.57 bits per heavy atom. The molecule has 0 unspecified atom stereocenters. The van der Waals surface area contributed by atoms with Gasteiger partial charge >= 0.3 is 0 Å².